The van der Waals surface area contributed by atoms with E-state index in [1.807, 2.05) is 12.3 Å². The summed E-state index contributed by atoms with van der Waals surface area (Å²) in [6, 6.07) is 0. The molecule has 0 saturated carbocycles. The molecule has 0 heterocycles. The first kappa shape index (κ1) is 7.96. The van der Waals surface area contributed by atoms with Crippen molar-refractivity contribution in [2.45, 2.75) is 6.42 Å². The van der Waals surface area contributed by atoms with E-state index in [0.29, 0.717) is 0 Å². The summed E-state index contributed by atoms with van der Waals surface area (Å²) < 4.78 is 0. The van der Waals surface area contributed by atoms with E-state index in [0.717, 1.165) is 16.4 Å². The van der Waals surface area contributed by atoms with Crippen molar-refractivity contribution in [3.63, 3.8) is 0 Å². The molecule has 2 heteroatoms. The third-order valence-corrected chi connectivity index (χ3v) is 2.50. The Bertz CT molecular complexity index is 201. The average Bonchev–Trinajstić information content (AvgIpc) is 2.13. The molecule has 0 radical (unpaired) electrons. The van der Waals surface area contributed by atoms with Gasteiger partial charge in [0, 0.05) is 4.91 Å². The van der Waals surface area contributed by atoms with E-state index >= 15 is 0 Å². The van der Waals surface area contributed by atoms with Crippen molar-refractivity contribution < 1.29 is 0 Å². The summed E-state index contributed by atoms with van der Waals surface area (Å²) in [5.41, 5.74) is 0. The van der Waals surface area contributed by atoms with Gasteiger partial charge in [0.25, 0.3) is 0 Å². The Kier molecular flexibility index (Phi) is 3.10. The molecule has 0 fully saturated rings. The fourth-order valence-electron chi connectivity index (χ4n) is 0.752. The Morgan fingerprint density at radius 2 is 2.10 bits per heavy atom. The predicted octanol–water partition coefficient (Wildman–Crippen LogP) is 3.32. The summed E-state index contributed by atoms with van der Waals surface area (Å²) in [5.74, 6) is 0. The Morgan fingerprint density at radius 1 is 1.40 bits per heavy atom. The van der Waals surface area contributed by atoms with Crippen LogP contribution in [0.5, 0.6) is 0 Å². The molecular weight excluding hydrogens is 164 g/mol. The standard InChI is InChI=1S/C8H9ClS/c1-10-8-6-4-2-3-5-7(8)9/h3-6H,2H2,1H3. The van der Waals surface area contributed by atoms with Crippen molar-refractivity contribution in [1.82, 2.24) is 0 Å². The first-order valence-corrected chi connectivity index (χ1v) is 4.71. The molecule has 10 heavy (non-hydrogen) atoms. The maximum Gasteiger partial charge on any atom is 0.0538 e. The van der Waals surface area contributed by atoms with Crippen molar-refractivity contribution in [1.29, 1.82) is 0 Å². The summed E-state index contributed by atoms with van der Waals surface area (Å²) in [6.45, 7) is 0. The van der Waals surface area contributed by atoms with Crippen molar-refractivity contribution in [3.05, 3.63) is 34.2 Å². The molecule has 0 spiro atoms. The molecule has 1 rings (SSSR count). The smallest absolute Gasteiger partial charge is 0.0538 e. The van der Waals surface area contributed by atoms with E-state index in [2.05, 4.69) is 18.2 Å². The zero-order valence-electron chi connectivity index (χ0n) is 5.80. The van der Waals surface area contributed by atoms with Gasteiger partial charge in [0.2, 0.25) is 0 Å². The highest BCUT2D eigenvalue weighted by atomic mass is 35.5. The third-order valence-electron chi connectivity index (χ3n) is 1.26. The Morgan fingerprint density at radius 3 is 2.80 bits per heavy atom. The maximum absolute atomic E-state index is 5.91. The summed E-state index contributed by atoms with van der Waals surface area (Å²) >= 11 is 7.58. The quantitative estimate of drug-likeness (QED) is 0.585. The van der Waals surface area contributed by atoms with E-state index in [1.54, 1.807) is 11.8 Å². The van der Waals surface area contributed by atoms with E-state index in [9.17, 15) is 0 Å². The molecule has 54 valence electrons. The van der Waals surface area contributed by atoms with Crippen molar-refractivity contribution >= 4 is 23.4 Å². The lowest BCUT2D eigenvalue weighted by atomic mass is 10.4. The van der Waals surface area contributed by atoms with Gasteiger partial charge in [0.1, 0.15) is 0 Å². The summed E-state index contributed by atoms with van der Waals surface area (Å²) in [4.78, 5) is 1.15. The van der Waals surface area contributed by atoms with Gasteiger partial charge in [-0.25, -0.2) is 0 Å². The van der Waals surface area contributed by atoms with Crippen molar-refractivity contribution in [2.24, 2.45) is 0 Å². The lowest BCUT2D eigenvalue weighted by Gasteiger charge is -1.95. The molecule has 0 N–H and O–H groups in total. The van der Waals surface area contributed by atoms with Crippen molar-refractivity contribution in [2.75, 3.05) is 6.26 Å². The van der Waals surface area contributed by atoms with Crippen LogP contribution in [0.4, 0.5) is 0 Å². The molecule has 0 aromatic heterocycles. The van der Waals surface area contributed by atoms with Crippen LogP contribution in [0.15, 0.2) is 34.2 Å². The molecular formula is C8H9ClS. The van der Waals surface area contributed by atoms with Crippen LogP contribution in [0.25, 0.3) is 0 Å². The molecule has 0 saturated heterocycles. The minimum Gasteiger partial charge on any atom is -0.128 e. The van der Waals surface area contributed by atoms with Gasteiger partial charge in [-0.3, -0.25) is 0 Å². The molecule has 0 unspecified atom stereocenters. The second kappa shape index (κ2) is 3.89. The minimum atomic E-state index is 0.848. The average molecular weight is 173 g/mol. The van der Waals surface area contributed by atoms with E-state index < -0.39 is 0 Å². The van der Waals surface area contributed by atoms with Crippen LogP contribution < -0.4 is 0 Å². The second-order valence-electron chi connectivity index (χ2n) is 1.96. The molecule has 0 atom stereocenters. The van der Waals surface area contributed by atoms with Crippen LogP contribution in [0, 0.1) is 0 Å². The fraction of sp³-hybridized carbons (Fsp3) is 0.250. The van der Waals surface area contributed by atoms with E-state index in [1.165, 1.54) is 0 Å². The molecule has 0 bridgehead atoms. The number of rotatable bonds is 1. The van der Waals surface area contributed by atoms with Crippen LogP contribution in [0.2, 0.25) is 0 Å². The van der Waals surface area contributed by atoms with Crippen LogP contribution in [0.3, 0.4) is 0 Å². The van der Waals surface area contributed by atoms with Crippen LogP contribution >= 0.6 is 23.4 Å². The van der Waals surface area contributed by atoms with E-state index in [4.69, 9.17) is 11.6 Å². The zero-order valence-corrected chi connectivity index (χ0v) is 7.38. The van der Waals surface area contributed by atoms with Crippen LogP contribution in [-0.2, 0) is 0 Å². The Balaban J connectivity index is 2.88. The highest BCUT2D eigenvalue weighted by molar-refractivity contribution is 8.02. The van der Waals surface area contributed by atoms with Crippen LogP contribution in [-0.4, -0.2) is 6.26 Å². The summed E-state index contributed by atoms with van der Waals surface area (Å²) in [5, 5.41) is 0.848. The van der Waals surface area contributed by atoms with Gasteiger partial charge in [0.05, 0.1) is 5.03 Å². The number of allylic oxidation sites excluding steroid dienone is 5. The van der Waals surface area contributed by atoms with Crippen LogP contribution in [0.1, 0.15) is 6.42 Å². The lowest BCUT2D eigenvalue weighted by Crippen LogP contribution is -1.70. The third kappa shape index (κ3) is 1.93. The topological polar surface area (TPSA) is 0 Å². The van der Waals surface area contributed by atoms with Gasteiger partial charge in [-0.15, -0.1) is 11.8 Å². The monoisotopic (exact) mass is 172 g/mol. The lowest BCUT2D eigenvalue weighted by molar-refractivity contribution is 1.40. The Hall–Kier alpha value is -0.140. The number of hydrogen-bond donors (Lipinski definition) is 0. The van der Waals surface area contributed by atoms with Gasteiger partial charge in [-0.05, 0) is 18.8 Å². The van der Waals surface area contributed by atoms with Gasteiger partial charge in [-0.1, -0.05) is 29.8 Å². The summed E-state index contributed by atoms with van der Waals surface area (Å²) in [6.07, 6.45) is 11.2. The van der Waals surface area contributed by atoms with Gasteiger partial charge in [0.15, 0.2) is 0 Å². The highest BCUT2D eigenvalue weighted by Gasteiger charge is 1.97. The summed E-state index contributed by atoms with van der Waals surface area (Å²) in [7, 11) is 0. The number of thioether (sulfide) groups is 1. The largest absolute Gasteiger partial charge is 0.128 e. The van der Waals surface area contributed by atoms with Gasteiger partial charge >= 0.3 is 0 Å². The van der Waals surface area contributed by atoms with E-state index in [-0.39, 0.29) is 0 Å². The second-order valence-corrected chi connectivity index (χ2v) is 3.21. The maximum atomic E-state index is 5.91. The molecule has 0 aliphatic heterocycles. The number of halogens is 1. The molecule has 0 aromatic rings. The zero-order chi connectivity index (χ0) is 7.40. The molecule has 1 aliphatic carbocycles. The molecule has 0 nitrogen and oxygen atoms in total. The first-order valence-electron chi connectivity index (χ1n) is 3.11. The molecule has 0 aromatic carbocycles. The number of hydrogen-bond acceptors (Lipinski definition) is 1. The normalized spacial score (nSPS) is 17.8. The predicted molar refractivity (Wildman–Crippen MR) is 49.3 cm³/mol. The highest BCUT2D eigenvalue weighted by Crippen LogP contribution is 2.24. The fourth-order valence-corrected chi connectivity index (χ4v) is 1.63. The minimum absolute atomic E-state index is 0.848. The first-order chi connectivity index (χ1) is 4.84. The SMILES string of the molecule is CSC1=C(Cl)C=CCC=C1. The Labute approximate surface area is 70.6 Å². The van der Waals surface area contributed by atoms with Gasteiger partial charge in [-0.2, -0.15) is 0 Å². The van der Waals surface area contributed by atoms with Crippen molar-refractivity contribution in [3.8, 4) is 0 Å². The van der Waals surface area contributed by atoms with Gasteiger partial charge < -0.3 is 0 Å². The molecule has 0 amide bonds. The molecule has 1 aliphatic rings.